The number of aryl methyl sites for hydroxylation is 1. The minimum atomic E-state index is -0.644. The van der Waals surface area contributed by atoms with Gasteiger partial charge in [-0.05, 0) is 18.1 Å². The monoisotopic (exact) mass is 317 g/mol. The van der Waals surface area contributed by atoms with E-state index in [2.05, 4.69) is 10.3 Å². The summed E-state index contributed by atoms with van der Waals surface area (Å²) in [5.41, 5.74) is 0.530. The van der Waals surface area contributed by atoms with Crippen molar-refractivity contribution in [1.82, 2.24) is 9.88 Å². The van der Waals surface area contributed by atoms with Crippen LogP contribution in [0.25, 0.3) is 0 Å². The lowest BCUT2D eigenvalue weighted by Crippen LogP contribution is -2.44. The van der Waals surface area contributed by atoms with Crippen molar-refractivity contribution < 1.29 is 9.59 Å². The molecular formula is C16H19N3O2S. The van der Waals surface area contributed by atoms with E-state index in [4.69, 9.17) is 0 Å². The number of aromatic nitrogens is 1. The first-order valence-corrected chi connectivity index (χ1v) is 7.91. The van der Waals surface area contributed by atoms with Crippen LogP contribution in [0.5, 0.6) is 0 Å². The standard InChI is InChI=1S/C16H19N3O2S/c1-11(2)13(15(21)18-16-19(3)9-10-22-16)17-14(20)12-7-5-4-6-8-12/h4-11,13H,1-3H3,(H,17,20). The molecule has 116 valence electrons. The van der Waals surface area contributed by atoms with E-state index in [1.807, 2.05) is 38.5 Å². The highest BCUT2D eigenvalue weighted by molar-refractivity contribution is 7.07. The number of carbonyl (C=O) groups excluding carboxylic acids is 2. The molecule has 0 bridgehead atoms. The van der Waals surface area contributed by atoms with Crippen LogP contribution in [0.15, 0.2) is 46.9 Å². The van der Waals surface area contributed by atoms with Crippen molar-refractivity contribution in [2.45, 2.75) is 19.9 Å². The summed E-state index contributed by atoms with van der Waals surface area (Å²) in [5.74, 6) is -0.648. The van der Waals surface area contributed by atoms with Crippen molar-refractivity contribution in [1.29, 1.82) is 0 Å². The molecular weight excluding hydrogens is 298 g/mol. The molecule has 1 heterocycles. The predicted molar refractivity (Wildman–Crippen MR) is 86.4 cm³/mol. The first kappa shape index (κ1) is 16.2. The molecule has 0 radical (unpaired) electrons. The van der Waals surface area contributed by atoms with Gasteiger partial charge in [0.25, 0.3) is 11.8 Å². The van der Waals surface area contributed by atoms with Crippen molar-refractivity contribution in [2.75, 3.05) is 0 Å². The maximum atomic E-state index is 12.4. The molecule has 0 saturated heterocycles. The van der Waals surface area contributed by atoms with Crippen LogP contribution in [0.4, 0.5) is 0 Å². The maximum absolute atomic E-state index is 12.4. The number of benzene rings is 1. The van der Waals surface area contributed by atoms with Gasteiger partial charge in [-0.2, -0.15) is 4.99 Å². The summed E-state index contributed by atoms with van der Waals surface area (Å²) in [7, 11) is 1.83. The lowest BCUT2D eigenvalue weighted by atomic mass is 10.0. The third-order valence-electron chi connectivity index (χ3n) is 3.22. The predicted octanol–water partition coefficient (Wildman–Crippen LogP) is 1.97. The van der Waals surface area contributed by atoms with Crippen LogP contribution < -0.4 is 10.1 Å². The fraction of sp³-hybridized carbons (Fsp3) is 0.312. The fourth-order valence-electron chi connectivity index (χ4n) is 1.93. The van der Waals surface area contributed by atoms with E-state index in [1.54, 1.807) is 28.8 Å². The van der Waals surface area contributed by atoms with Crippen LogP contribution in [0, 0.1) is 5.92 Å². The second-order valence-corrected chi connectivity index (χ2v) is 6.18. The SMILES string of the molecule is CC(C)C(NC(=O)c1ccccc1)C(=O)N=c1sccn1C. The highest BCUT2D eigenvalue weighted by Crippen LogP contribution is 2.06. The van der Waals surface area contributed by atoms with Gasteiger partial charge < -0.3 is 9.88 Å². The van der Waals surface area contributed by atoms with E-state index in [9.17, 15) is 9.59 Å². The minimum absolute atomic E-state index is 0.0471. The van der Waals surface area contributed by atoms with Crippen LogP contribution in [0.3, 0.4) is 0 Å². The van der Waals surface area contributed by atoms with Crippen molar-refractivity contribution in [3.05, 3.63) is 52.3 Å². The molecule has 1 atom stereocenters. The molecule has 1 unspecified atom stereocenters. The lowest BCUT2D eigenvalue weighted by molar-refractivity contribution is -0.120. The van der Waals surface area contributed by atoms with Crippen LogP contribution in [-0.4, -0.2) is 22.4 Å². The van der Waals surface area contributed by atoms with Crippen LogP contribution >= 0.6 is 11.3 Å². The topological polar surface area (TPSA) is 63.5 Å². The largest absolute Gasteiger partial charge is 0.340 e. The maximum Gasteiger partial charge on any atom is 0.271 e. The van der Waals surface area contributed by atoms with Crippen molar-refractivity contribution in [3.8, 4) is 0 Å². The van der Waals surface area contributed by atoms with Gasteiger partial charge in [0.1, 0.15) is 6.04 Å². The highest BCUT2D eigenvalue weighted by atomic mass is 32.1. The summed E-state index contributed by atoms with van der Waals surface area (Å²) >= 11 is 1.39. The van der Waals surface area contributed by atoms with Crippen LogP contribution in [0.2, 0.25) is 0 Å². The Morgan fingerprint density at radius 3 is 2.45 bits per heavy atom. The van der Waals surface area contributed by atoms with Crippen molar-refractivity contribution in [3.63, 3.8) is 0 Å². The first-order valence-electron chi connectivity index (χ1n) is 7.03. The van der Waals surface area contributed by atoms with Gasteiger partial charge in [-0.1, -0.05) is 32.0 Å². The Hall–Kier alpha value is -2.21. The molecule has 22 heavy (non-hydrogen) atoms. The van der Waals surface area contributed by atoms with Crippen molar-refractivity contribution >= 4 is 23.2 Å². The number of carbonyl (C=O) groups is 2. The molecule has 0 saturated carbocycles. The summed E-state index contributed by atoms with van der Waals surface area (Å²) in [4.78, 5) is 29.3. The van der Waals surface area contributed by atoms with Crippen LogP contribution in [-0.2, 0) is 11.8 Å². The van der Waals surface area contributed by atoms with Gasteiger partial charge in [0.2, 0.25) is 0 Å². The molecule has 1 N–H and O–H groups in total. The molecule has 5 nitrogen and oxygen atoms in total. The Labute approximate surface area is 133 Å². The van der Waals surface area contributed by atoms with Gasteiger partial charge >= 0.3 is 0 Å². The number of hydrogen-bond acceptors (Lipinski definition) is 3. The quantitative estimate of drug-likeness (QED) is 0.937. The van der Waals surface area contributed by atoms with Gasteiger partial charge in [0.05, 0.1) is 0 Å². The lowest BCUT2D eigenvalue weighted by Gasteiger charge is -2.18. The number of amides is 2. The van der Waals surface area contributed by atoms with E-state index in [1.165, 1.54) is 11.3 Å². The molecule has 0 aliphatic heterocycles. The molecule has 0 spiro atoms. The Bertz CT molecular complexity index is 716. The smallest absolute Gasteiger partial charge is 0.271 e. The number of thiazole rings is 1. The molecule has 1 aromatic carbocycles. The Balaban J connectivity index is 2.19. The van der Waals surface area contributed by atoms with Gasteiger partial charge in [-0.3, -0.25) is 9.59 Å². The minimum Gasteiger partial charge on any atom is -0.340 e. The average Bonchev–Trinajstić information content (AvgIpc) is 2.90. The summed E-state index contributed by atoms with van der Waals surface area (Å²) < 4.78 is 1.78. The molecule has 0 fully saturated rings. The van der Waals surface area contributed by atoms with Gasteiger partial charge in [0, 0.05) is 24.2 Å². The molecule has 6 heteroatoms. The summed E-state index contributed by atoms with van der Waals surface area (Å²) in [6.45, 7) is 3.77. The number of nitrogens with zero attached hydrogens (tertiary/aromatic N) is 2. The molecule has 2 aromatic rings. The number of rotatable bonds is 4. The molecule has 2 rings (SSSR count). The molecule has 0 aliphatic rings. The van der Waals surface area contributed by atoms with E-state index >= 15 is 0 Å². The summed E-state index contributed by atoms with van der Waals surface area (Å²) in [6, 6.07) is 8.21. The van der Waals surface area contributed by atoms with E-state index in [-0.39, 0.29) is 17.7 Å². The zero-order valence-corrected chi connectivity index (χ0v) is 13.6. The van der Waals surface area contributed by atoms with E-state index < -0.39 is 6.04 Å². The zero-order valence-electron chi connectivity index (χ0n) is 12.8. The number of nitrogens with one attached hydrogen (secondary N) is 1. The summed E-state index contributed by atoms with van der Waals surface area (Å²) in [5, 5.41) is 4.64. The third-order valence-corrected chi connectivity index (χ3v) is 4.07. The Kier molecular flexibility index (Phi) is 5.27. The summed E-state index contributed by atoms with van der Waals surface area (Å²) in [6.07, 6.45) is 1.84. The van der Waals surface area contributed by atoms with Gasteiger partial charge in [-0.15, -0.1) is 11.3 Å². The first-order chi connectivity index (χ1) is 10.5. The van der Waals surface area contributed by atoms with Crippen molar-refractivity contribution in [2.24, 2.45) is 18.0 Å². The van der Waals surface area contributed by atoms with E-state index in [0.29, 0.717) is 10.4 Å². The third kappa shape index (κ3) is 3.92. The van der Waals surface area contributed by atoms with Gasteiger partial charge in [0.15, 0.2) is 4.80 Å². The van der Waals surface area contributed by atoms with Crippen LogP contribution in [0.1, 0.15) is 24.2 Å². The zero-order chi connectivity index (χ0) is 16.1. The number of hydrogen-bond donors (Lipinski definition) is 1. The second kappa shape index (κ2) is 7.17. The average molecular weight is 317 g/mol. The highest BCUT2D eigenvalue weighted by Gasteiger charge is 2.24. The molecule has 2 amide bonds. The Morgan fingerprint density at radius 1 is 1.23 bits per heavy atom. The van der Waals surface area contributed by atoms with Gasteiger partial charge in [-0.25, -0.2) is 0 Å². The molecule has 0 aliphatic carbocycles. The second-order valence-electron chi connectivity index (χ2n) is 5.31. The normalized spacial score (nSPS) is 13.2. The Morgan fingerprint density at radius 2 is 1.91 bits per heavy atom. The fourth-order valence-corrected chi connectivity index (χ4v) is 2.66. The van der Waals surface area contributed by atoms with E-state index in [0.717, 1.165) is 0 Å². The molecule has 1 aromatic heterocycles.